The molecule has 0 aromatic carbocycles. The van der Waals surface area contributed by atoms with Crippen LogP contribution in [-0.4, -0.2) is 84.1 Å². The summed E-state index contributed by atoms with van der Waals surface area (Å²) in [6.07, 6.45) is 5.10. The fourth-order valence-corrected chi connectivity index (χ4v) is 6.04. The van der Waals surface area contributed by atoms with E-state index in [1.807, 2.05) is 41.5 Å². The Balaban J connectivity index is 1.53. The number of nitrogens with one attached hydrogen (secondary N) is 1. The summed E-state index contributed by atoms with van der Waals surface area (Å²) in [6, 6.07) is -0.693. The first-order valence-corrected chi connectivity index (χ1v) is 16.2. The van der Waals surface area contributed by atoms with Gasteiger partial charge in [0, 0.05) is 30.9 Å². The van der Waals surface area contributed by atoms with E-state index in [4.69, 9.17) is 14.0 Å². The van der Waals surface area contributed by atoms with Crippen molar-refractivity contribution in [3.8, 4) is 0 Å². The van der Waals surface area contributed by atoms with E-state index in [0.29, 0.717) is 31.4 Å². The number of nitrogens with zero attached hydrogens (tertiary/aromatic N) is 3. The van der Waals surface area contributed by atoms with Crippen LogP contribution in [0.25, 0.3) is 0 Å². The van der Waals surface area contributed by atoms with Crippen LogP contribution in [0.2, 0.25) is 0 Å². The largest absolute Gasteiger partial charge is 0.498 e. The molecule has 0 unspecified atom stereocenters. The van der Waals surface area contributed by atoms with E-state index in [1.165, 1.54) is 12.4 Å². The lowest BCUT2D eigenvalue weighted by atomic mass is 9.81. The molecule has 3 rings (SSSR count). The molecule has 0 saturated carbocycles. The van der Waals surface area contributed by atoms with Crippen LogP contribution in [0, 0.1) is 11.8 Å². The van der Waals surface area contributed by atoms with Crippen LogP contribution in [-0.2, 0) is 28.7 Å². The highest BCUT2D eigenvalue weighted by Gasteiger charge is 2.52. The topological polar surface area (TPSA) is 137 Å². The number of piperidine rings is 1. The number of carbonyl (C=O) groups is 2. The summed E-state index contributed by atoms with van der Waals surface area (Å²) >= 11 is 0. The lowest BCUT2D eigenvalue weighted by molar-refractivity contribution is -0.136. The predicted octanol–water partition coefficient (Wildman–Crippen LogP) is 3.12. The highest BCUT2D eigenvalue weighted by atomic mass is 32.2. The molecule has 3 heterocycles. The molecule has 0 radical (unpaired) electrons. The van der Waals surface area contributed by atoms with Crippen LogP contribution >= 0.6 is 0 Å². The number of likely N-dealkylation sites (tertiary alicyclic amines) is 1. The van der Waals surface area contributed by atoms with Gasteiger partial charge in [-0.2, -0.15) is 0 Å². The maximum Gasteiger partial charge on any atom is 0.498 e. The zero-order valence-corrected chi connectivity index (χ0v) is 26.8. The van der Waals surface area contributed by atoms with Gasteiger partial charge in [0.2, 0.25) is 20.9 Å². The van der Waals surface area contributed by atoms with Gasteiger partial charge < -0.3 is 24.3 Å². The Bertz CT molecular complexity index is 1170. The molecule has 2 atom stereocenters. The summed E-state index contributed by atoms with van der Waals surface area (Å²) in [6.45, 7) is 18.0. The van der Waals surface area contributed by atoms with Crippen molar-refractivity contribution in [1.82, 2.24) is 20.2 Å². The van der Waals surface area contributed by atoms with Crippen molar-refractivity contribution in [1.29, 1.82) is 0 Å². The van der Waals surface area contributed by atoms with Crippen molar-refractivity contribution >= 4 is 34.4 Å². The Morgan fingerprint density at radius 2 is 1.73 bits per heavy atom. The van der Waals surface area contributed by atoms with Crippen LogP contribution in [0.4, 0.5) is 4.79 Å². The summed E-state index contributed by atoms with van der Waals surface area (Å²) in [7, 11) is -4.34. The number of rotatable bonds is 9. The number of aromatic nitrogens is 2. The number of sulfone groups is 1. The Labute approximate surface area is 245 Å². The third-order valence-electron chi connectivity index (χ3n) is 7.91. The molecule has 2 aliphatic rings. The van der Waals surface area contributed by atoms with Crippen LogP contribution in [0.15, 0.2) is 17.6 Å². The van der Waals surface area contributed by atoms with Gasteiger partial charge >= 0.3 is 13.2 Å². The van der Waals surface area contributed by atoms with E-state index in [1.54, 1.807) is 25.7 Å². The second kappa shape index (κ2) is 12.5. The first kappa shape index (κ1) is 33.3. The number of ether oxygens (including phenoxy) is 1. The first-order valence-electron chi connectivity index (χ1n) is 14.5. The number of hydrogen-bond donors (Lipinski definition) is 1. The van der Waals surface area contributed by atoms with Gasteiger partial charge in [0.15, 0.2) is 0 Å². The number of amides is 2. The quantitative estimate of drug-likeness (QED) is 0.338. The minimum atomic E-state index is -3.68. The van der Waals surface area contributed by atoms with Gasteiger partial charge in [0.05, 0.1) is 17.0 Å². The van der Waals surface area contributed by atoms with Gasteiger partial charge in [-0.15, -0.1) is 0 Å². The Hall–Kier alpha value is -2.25. The van der Waals surface area contributed by atoms with Crippen molar-refractivity contribution in [2.45, 2.75) is 116 Å². The molecule has 0 spiro atoms. The molecule has 0 bridgehead atoms. The summed E-state index contributed by atoms with van der Waals surface area (Å²) in [5.74, 6) is -0.165. The molecule has 0 aliphatic carbocycles. The SMILES string of the molecule is CC(C)[C@H](NC(=O)OC(C)(C)C)C(=O)N1CCC[C@@H](CCCS(=O)(=O)c2ncc(B3OC(C)(C)C(C)(C)O3)cn2)C1. The standard InChI is InChI=1S/C28H47BN4O7S/c1-19(2)22(32-25(35)38-26(3,4)5)23(34)33-14-10-12-20(18-33)13-11-15-41(36,37)24-30-16-21(17-31-24)29-39-27(6,7)28(8,9)40-29/h16-17,19-20,22H,10-15,18H2,1-9H3,(H,32,35)/t20-,22-/m0/s1. The minimum Gasteiger partial charge on any atom is -0.444 e. The molecule has 2 amide bonds. The lowest BCUT2D eigenvalue weighted by Gasteiger charge is -2.36. The Kier molecular flexibility index (Phi) is 10.2. The van der Waals surface area contributed by atoms with Crippen molar-refractivity contribution in [3.05, 3.63) is 12.4 Å². The Morgan fingerprint density at radius 3 is 2.27 bits per heavy atom. The van der Waals surface area contributed by atoms with E-state index in [2.05, 4.69) is 15.3 Å². The number of carbonyl (C=O) groups excluding carboxylic acids is 2. The van der Waals surface area contributed by atoms with Gasteiger partial charge in [-0.1, -0.05) is 13.8 Å². The predicted molar refractivity (Wildman–Crippen MR) is 156 cm³/mol. The van der Waals surface area contributed by atoms with E-state index in [0.717, 1.165) is 12.8 Å². The fraction of sp³-hybridized carbons (Fsp3) is 0.786. The van der Waals surface area contributed by atoms with Crippen LogP contribution < -0.4 is 10.8 Å². The Morgan fingerprint density at radius 1 is 1.15 bits per heavy atom. The molecule has 41 heavy (non-hydrogen) atoms. The smallest absolute Gasteiger partial charge is 0.444 e. The minimum absolute atomic E-state index is 0.0812. The maximum atomic E-state index is 13.3. The highest BCUT2D eigenvalue weighted by Crippen LogP contribution is 2.36. The van der Waals surface area contributed by atoms with Crippen molar-refractivity contribution in [2.75, 3.05) is 18.8 Å². The molecule has 1 N–H and O–H groups in total. The molecule has 230 valence electrons. The second-order valence-electron chi connectivity index (χ2n) is 13.5. The first-order chi connectivity index (χ1) is 18.8. The summed E-state index contributed by atoms with van der Waals surface area (Å²) < 4.78 is 43.2. The molecule has 2 aliphatic heterocycles. The molecular weight excluding hydrogens is 547 g/mol. The molecule has 1 aromatic heterocycles. The van der Waals surface area contributed by atoms with Gasteiger partial charge in [-0.25, -0.2) is 23.2 Å². The summed E-state index contributed by atoms with van der Waals surface area (Å²) in [4.78, 5) is 35.7. The third-order valence-corrected chi connectivity index (χ3v) is 9.51. The van der Waals surface area contributed by atoms with Crippen LogP contribution in [0.5, 0.6) is 0 Å². The summed E-state index contributed by atoms with van der Waals surface area (Å²) in [5, 5.41) is 2.52. The van der Waals surface area contributed by atoms with E-state index < -0.39 is 45.9 Å². The molecule has 1 aromatic rings. The molecule has 2 saturated heterocycles. The normalized spacial score (nSPS) is 21.6. The maximum absolute atomic E-state index is 13.3. The molecule has 2 fully saturated rings. The van der Waals surface area contributed by atoms with E-state index in [9.17, 15) is 18.0 Å². The molecule has 11 nitrogen and oxygen atoms in total. The van der Waals surface area contributed by atoms with Crippen LogP contribution in [0.1, 0.15) is 88.0 Å². The van der Waals surface area contributed by atoms with Gasteiger partial charge in [-0.3, -0.25) is 4.79 Å². The average molecular weight is 595 g/mol. The van der Waals surface area contributed by atoms with Gasteiger partial charge in [0.1, 0.15) is 11.6 Å². The monoisotopic (exact) mass is 594 g/mol. The van der Waals surface area contributed by atoms with Crippen molar-refractivity contribution in [3.63, 3.8) is 0 Å². The number of hydrogen-bond acceptors (Lipinski definition) is 9. The third kappa shape index (κ3) is 8.64. The van der Waals surface area contributed by atoms with Crippen molar-refractivity contribution < 1.29 is 32.1 Å². The zero-order chi connectivity index (χ0) is 30.8. The van der Waals surface area contributed by atoms with Gasteiger partial charge in [0.25, 0.3) is 0 Å². The second-order valence-corrected chi connectivity index (χ2v) is 15.5. The number of alkyl carbamates (subject to hydrolysis) is 1. The fourth-order valence-electron chi connectivity index (χ4n) is 4.89. The highest BCUT2D eigenvalue weighted by molar-refractivity contribution is 7.91. The van der Waals surface area contributed by atoms with Crippen molar-refractivity contribution in [2.24, 2.45) is 11.8 Å². The molecular formula is C28H47BN4O7S. The molecule has 13 heteroatoms. The van der Waals surface area contributed by atoms with E-state index in [-0.39, 0.29) is 28.7 Å². The lowest BCUT2D eigenvalue weighted by Crippen LogP contribution is -2.54. The van der Waals surface area contributed by atoms with Crippen LogP contribution in [0.3, 0.4) is 0 Å². The van der Waals surface area contributed by atoms with E-state index >= 15 is 0 Å². The zero-order valence-electron chi connectivity index (χ0n) is 26.0. The average Bonchev–Trinajstić information content (AvgIpc) is 3.07. The van der Waals surface area contributed by atoms with Gasteiger partial charge in [-0.05, 0) is 86.0 Å². The summed E-state index contributed by atoms with van der Waals surface area (Å²) in [5.41, 5.74) is -1.14.